The molecule has 1 aromatic rings. The molecule has 3 N–H and O–H groups in total. The fourth-order valence-corrected chi connectivity index (χ4v) is 2.43. The van der Waals surface area contributed by atoms with Crippen LogP contribution in [-0.4, -0.2) is 33.5 Å². The molecule has 1 aromatic carbocycles. The van der Waals surface area contributed by atoms with Gasteiger partial charge in [-0.1, -0.05) is 42.0 Å². The average Bonchev–Trinajstić information content (AvgIpc) is 2.56. The van der Waals surface area contributed by atoms with E-state index < -0.39 is 11.6 Å². The van der Waals surface area contributed by atoms with Crippen LogP contribution in [0.3, 0.4) is 0 Å². The van der Waals surface area contributed by atoms with E-state index in [9.17, 15) is 9.90 Å². The van der Waals surface area contributed by atoms with E-state index in [4.69, 9.17) is 10.2 Å². The highest BCUT2D eigenvalue weighted by molar-refractivity contribution is 5.87. The van der Waals surface area contributed by atoms with E-state index in [2.05, 4.69) is 13.2 Å². The maximum Gasteiger partial charge on any atom is 0.335 e. The van der Waals surface area contributed by atoms with Crippen LogP contribution >= 0.6 is 0 Å². The van der Waals surface area contributed by atoms with Crippen molar-refractivity contribution in [1.29, 1.82) is 0 Å². The molecule has 1 atom stereocenters. The number of carbonyl (C=O) groups is 1. The molecule has 0 heterocycles. The summed E-state index contributed by atoms with van der Waals surface area (Å²) in [5.41, 5.74) is 1.33. The Morgan fingerprint density at radius 3 is 2.25 bits per heavy atom. The van der Waals surface area contributed by atoms with E-state index in [1.807, 2.05) is 6.08 Å². The predicted octanol–water partition coefficient (Wildman–Crippen LogP) is 3.50. The van der Waals surface area contributed by atoms with Crippen LogP contribution in [0, 0.1) is 0 Å². The second kappa shape index (κ2) is 9.65. The Kier molecular flexibility index (Phi) is 7.89. The zero-order valence-corrected chi connectivity index (χ0v) is 13.7. The first-order chi connectivity index (χ1) is 11.4. The number of hydrogen-bond acceptors (Lipinski definition) is 3. The summed E-state index contributed by atoms with van der Waals surface area (Å²) in [4.78, 5) is 10.2. The van der Waals surface area contributed by atoms with Gasteiger partial charge < -0.3 is 15.3 Å². The number of benzene rings is 1. The lowest BCUT2D eigenvalue weighted by Crippen LogP contribution is -2.33. The Balaban J connectivity index is 0.000000272. The molecule has 0 saturated heterocycles. The van der Waals surface area contributed by atoms with Crippen molar-refractivity contribution in [3.8, 4) is 0 Å². The Hall–Kier alpha value is -2.43. The van der Waals surface area contributed by atoms with Gasteiger partial charge in [0.15, 0.2) is 0 Å². The lowest BCUT2D eigenvalue weighted by molar-refractivity contribution is 0.0256. The van der Waals surface area contributed by atoms with Crippen LogP contribution in [0.1, 0.15) is 29.6 Å². The third-order valence-corrected chi connectivity index (χ3v) is 3.46. The number of allylic oxidation sites excluding steroid dienone is 4. The first-order valence-corrected chi connectivity index (χ1v) is 7.68. The minimum Gasteiger partial charge on any atom is -0.478 e. The molecule has 0 bridgehead atoms. The van der Waals surface area contributed by atoms with E-state index >= 15 is 0 Å². The minimum absolute atomic E-state index is 0.248. The molecule has 0 aliphatic heterocycles. The van der Waals surface area contributed by atoms with E-state index in [0.717, 1.165) is 17.6 Å². The van der Waals surface area contributed by atoms with Gasteiger partial charge in [-0.25, -0.2) is 4.79 Å². The van der Waals surface area contributed by atoms with Gasteiger partial charge in [0.25, 0.3) is 0 Å². The van der Waals surface area contributed by atoms with Crippen molar-refractivity contribution in [3.63, 3.8) is 0 Å². The van der Waals surface area contributed by atoms with Gasteiger partial charge in [0.05, 0.1) is 12.2 Å². The van der Waals surface area contributed by atoms with Crippen molar-refractivity contribution in [2.75, 3.05) is 6.61 Å². The van der Waals surface area contributed by atoms with Crippen LogP contribution in [-0.2, 0) is 0 Å². The molecule has 1 unspecified atom stereocenters. The van der Waals surface area contributed by atoms with E-state index in [-0.39, 0.29) is 6.61 Å². The SMILES string of the molecule is C=CCC1=CC(O)(CO)CC(CC=C)=C1.O=C(O)c1ccccc1. The number of aromatic carboxylic acids is 1. The molecule has 4 nitrogen and oxygen atoms in total. The van der Waals surface area contributed by atoms with Gasteiger partial charge in [0, 0.05) is 6.42 Å². The van der Waals surface area contributed by atoms with E-state index in [1.54, 1.807) is 48.6 Å². The number of carboxylic acids is 1. The number of hydrogen-bond donors (Lipinski definition) is 3. The van der Waals surface area contributed by atoms with Gasteiger partial charge in [-0.2, -0.15) is 0 Å². The van der Waals surface area contributed by atoms with Crippen LogP contribution < -0.4 is 0 Å². The minimum atomic E-state index is -1.11. The highest BCUT2D eigenvalue weighted by atomic mass is 16.4. The van der Waals surface area contributed by atoms with Crippen LogP contribution in [0.5, 0.6) is 0 Å². The average molecular weight is 328 g/mol. The zero-order chi connectivity index (χ0) is 18.0. The summed E-state index contributed by atoms with van der Waals surface area (Å²) in [5, 5.41) is 27.6. The molecule has 1 aliphatic rings. The first kappa shape index (κ1) is 19.6. The van der Waals surface area contributed by atoms with Crippen LogP contribution in [0.25, 0.3) is 0 Å². The lowest BCUT2D eigenvalue weighted by atomic mass is 9.85. The van der Waals surface area contributed by atoms with Gasteiger partial charge >= 0.3 is 5.97 Å². The summed E-state index contributed by atoms with van der Waals surface area (Å²) in [5.74, 6) is -0.879. The molecule has 0 fully saturated rings. The molecule has 0 spiro atoms. The van der Waals surface area contributed by atoms with Gasteiger partial charge in [0.2, 0.25) is 0 Å². The van der Waals surface area contributed by atoms with Crippen molar-refractivity contribution in [1.82, 2.24) is 0 Å². The molecule has 0 radical (unpaired) electrons. The quantitative estimate of drug-likeness (QED) is 0.698. The number of rotatable bonds is 6. The molecule has 4 heteroatoms. The van der Waals surface area contributed by atoms with Gasteiger partial charge in [-0.15, -0.1) is 13.2 Å². The van der Waals surface area contributed by atoms with E-state index in [1.165, 1.54) is 0 Å². The Bertz CT molecular complexity index is 628. The zero-order valence-electron chi connectivity index (χ0n) is 13.7. The van der Waals surface area contributed by atoms with Crippen LogP contribution in [0.4, 0.5) is 0 Å². The number of aliphatic hydroxyl groups is 2. The topological polar surface area (TPSA) is 77.8 Å². The standard InChI is InChI=1S/C13H18O2.C7H6O2/c1-3-5-11-7-12(6-4-2)9-13(15,8-11)10-14;8-7(9)6-4-2-1-3-5-6/h3-4,7-8,14-15H,1-2,5-6,9-10H2;1-5H,(H,8,9). The highest BCUT2D eigenvalue weighted by Crippen LogP contribution is 2.29. The summed E-state index contributed by atoms with van der Waals surface area (Å²) in [7, 11) is 0. The molecular weight excluding hydrogens is 304 g/mol. The third-order valence-electron chi connectivity index (χ3n) is 3.46. The molecule has 128 valence electrons. The third kappa shape index (κ3) is 6.36. The van der Waals surface area contributed by atoms with E-state index in [0.29, 0.717) is 18.4 Å². The summed E-state index contributed by atoms with van der Waals surface area (Å²) in [6.07, 6.45) is 9.31. The molecule has 0 amide bonds. The Morgan fingerprint density at radius 1 is 1.17 bits per heavy atom. The van der Waals surface area contributed by atoms with Gasteiger partial charge in [-0.05, 0) is 36.6 Å². The summed E-state index contributed by atoms with van der Waals surface area (Å²) >= 11 is 0. The van der Waals surface area contributed by atoms with Crippen molar-refractivity contribution in [2.24, 2.45) is 0 Å². The molecule has 24 heavy (non-hydrogen) atoms. The smallest absolute Gasteiger partial charge is 0.335 e. The lowest BCUT2D eigenvalue weighted by Gasteiger charge is -2.28. The maximum atomic E-state index is 10.2. The van der Waals surface area contributed by atoms with Crippen molar-refractivity contribution >= 4 is 5.97 Å². The Labute approximate surface area is 142 Å². The predicted molar refractivity (Wildman–Crippen MR) is 95.8 cm³/mol. The highest BCUT2D eigenvalue weighted by Gasteiger charge is 2.27. The summed E-state index contributed by atoms with van der Waals surface area (Å²) in [6.45, 7) is 7.09. The summed E-state index contributed by atoms with van der Waals surface area (Å²) in [6, 6.07) is 8.30. The van der Waals surface area contributed by atoms with Crippen molar-refractivity contribution < 1.29 is 20.1 Å². The molecule has 0 aromatic heterocycles. The number of aliphatic hydroxyl groups excluding tert-OH is 1. The largest absolute Gasteiger partial charge is 0.478 e. The number of carboxylic acid groups (broad SMARTS) is 1. The van der Waals surface area contributed by atoms with Crippen molar-refractivity contribution in [3.05, 3.63) is 84.5 Å². The van der Waals surface area contributed by atoms with Gasteiger partial charge in [-0.3, -0.25) is 0 Å². The fourth-order valence-electron chi connectivity index (χ4n) is 2.43. The maximum absolute atomic E-state index is 10.2. The second-order valence-electron chi connectivity index (χ2n) is 5.62. The normalized spacial score (nSPS) is 19.2. The second-order valence-corrected chi connectivity index (χ2v) is 5.62. The molecular formula is C20H24O4. The van der Waals surface area contributed by atoms with Crippen LogP contribution in [0.2, 0.25) is 0 Å². The molecule has 0 saturated carbocycles. The first-order valence-electron chi connectivity index (χ1n) is 7.68. The van der Waals surface area contributed by atoms with Crippen LogP contribution in [0.15, 0.2) is 78.9 Å². The Morgan fingerprint density at radius 2 is 1.79 bits per heavy atom. The molecule has 1 aliphatic carbocycles. The van der Waals surface area contributed by atoms with Crippen molar-refractivity contribution in [2.45, 2.75) is 24.9 Å². The molecule has 2 rings (SSSR count). The fraction of sp³-hybridized carbons (Fsp3) is 0.250. The summed E-state index contributed by atoms with van der Waals surface area (Å²) < 4.78 is 0. The monoisotopic (exact) mass is 328 g/mol. The van der Waals surface area contributed by atoms with Gasteiger partial charge in [0.1, 0.15) is 5.60 Å².